The van der Waals surface area contributed by atoms with E-state index >= 15 is 0 Å². The molecule has 1 rings (SSSR count). The highest BCUT2D eigenvalue weighted by atomic mass is 15.2. The molecule has 0 heterocycles. The minimum Gasteiger partial charge on any atom is -0.388 e. The number of benzene rings is 1. The van der Waals surface area contributed by atoms with Crippen molar-refractivity contribution in [3.63, 3.8) is 0 Å². The Morgan fingerprint density at radius 1 is 1.21 bits per heavy atom. The van der Waals surface area contributed by atoms with Crippen LogP contribution < -0.4 is 5.32 Å². The molecule has 0 saturated carbocycles. The average molecular weight is 261 g/mol. The van der Waals surface area contributed by atoms with Gasteiger partial charge in [-0.05, 0) is 43.8 Å². The van der Waals surface area contributed by atoms with E-state index in [0.29, 0.717) is 0 Å². The van der Waals surface area contributed by atoms with Gasteiger partial charge in [0.25, 0.3) is 0 Å². The van der Waals surface area contributed by atoms with E-state index in [1.807, 2.05) is 7.05 Å². The van der Waals surface area contributed by atoms with Gasteiger partial charge in [-0.1, -0.05) is 19.6 Å². The highest BCUT2D eigenvalue weighted by Crippen LogP contribution is 2.23. The van der Waals surface area contributed by atoms with Gasteiger partial charge in [0.05, 0.1) is 0 Å². The van der Waals surface area contributed by atoms with E-state index in [1.165, 1.54) is 16.8 Å². The first-order valence-corrected chi connectivity index (χ1v) is 6.85. The summed E-state index contributed by atoms with van der Waals surface area (Å²) in [5.41, 5.74) is 4.83. The van der Waals surface area contributed by atoms with Gasteiger partial charge in [-0.15, -0.1) is 0 Å². The minimum absolute atomic E-state index is 0.987. The fourth-order valence-corrected chi connectivity index (χ4v) is 2.01. The molecule has 3 nitrogen and oxygen atoms in total. The topological polar surface area (TPSA) is 18.5 Å². The number of hydrogen-bond donors (Lipinski definition) is 1. The van der Waals surface area contributed by atoms with Crippen LogP contribution in [0.2, 0.25) is 0 Å². The molecule has 0 aliphatic rings. The van der Waals surface area contributed by atoms with E-state index in [4.69, 9.17) is 0 Å². The molecule has 0 bridgehead atoms. The highest BCUT2D eigenvalue weighted by Gasteiger charge is 2.08. The molecule has 0 fully saturated rings. The fourth-order valence-electron chi connectivity index (χ4n) is 2.01. The predicted octanol–water partition coefficient (Wildman–Crippen LogP) is 2.75. The molecule has 19 heavy (non-hydrogen) atoms. The van der Waals surface area contributed by atoms with Crippen LogP contribution in [0.25, 0.3) is 5.70 Å². The molecule has 1 aromatic carbocycles. The first-order valence-electron chi connectivity index (χ1n) is 6.85. The molecule has 0 aliphatic heterocycles. The zero-order valence-corrected chi connectivity index (χ0v) is 13.0. The SMILES string of the molecule is C=C(c1ccc(NC)c(CC)c1)N(C)CCN(C)C. The molecule has 0 unspecified atom stereocenters. The van der Waals surface area contributed by atoms with Crippen molar-refractivity contribution in [3.8, 4) is 0 Å². The van der Waals surface area contributed by atoms with Gasteiger partial charge in [-0.3, -0.25) is 0 Å². The third kappa shape index (κ3) is 4.28. The van der Waals surface area contributed by atoms with Crippen LogP contribution in [0.3, 0.4) is 0 Å². The van der Waals surface area contributed by atoms with Crippen molar-refractivity contribution in [2.24, 2.45) is 0 Å². The summed E-state index contributed by atoms with van der Waals surface area (Å²) in [7, 11) is 8.25. The van der Waals surface area contributed by atoms with E-state index < -0.39 is 0 Å². The summed E-state index contributed by atoms with van der Waals surface area (Å²) in [5.74, 6) is 0. The van der Waals surface area contributed by atoms with Crippen molar-refractivity contribution < 1.29 is 0 Å². The van der Waals surface area contributed by atoms with Crippen LogP contribution in [0, 0.1) is 0 Å². The Kier molecular flexibility index (Phi) is 5.90. The number of anilines is 1. The minimum atomic E-state index is 0.987. The lowest BCUT2D eigenvalue weighted by atomic mass is 10.0. The van der Waals surface area contributed by atoms with E-state index in [1.54, 1.807) is 0 Å². The van der Waals surface area contributed by atoms with Crippen molar-refractivity contribution in [2.75, 3.05) is 46.6 Å². The lowest BCUT2D eigenvalue weighted by Gasteiger charge is -2.24. The molecule has 0 spiro atoms. The lowest BCUT2D eigenvalue weighted by Crippen LogP contribution is -2.27. The monoisotopic (exact) mass is 261 g/mol. The van der Waals surface area contributed by atoms with E-state index in [2.05, 4.69) is 68.0 Å². The van der Waals surface area contributed by atoms with E-state index in [0.717, 1.165) is 25.2 Å². The standard InChI is InChI=1S/C16H27N3/c1-7-14-12-15(8-9-16(14)17-3)13(2)19(6)11-10-18(4)5/h8-9,12,17H,2,7,10-11H2,1,3-6H3. The summed E-state index contributed by atoms with van der Waals surface area (Å²) >= 11 is 0. The molecule has 0 aromatic heterocycles. The summed E-state index contributed by atoms with van der Waals surface area (Å²) in [6.07, 6.45) is 1.03. The zero-order chi connectivity index (χ0) is 14.4. The second kappa shape index (κ2) is 7.19. The number of nitrogens with one attached hydrogen (secondary N) is 1. The molecule has 106 valence electrons. The van der Waals surface area contributed by atoms with Crippen molar-refractivity contribution in [1.29, 1.82) is 0 Å². The zero-order valence-electron chi connectivity index (χ0n) is 13.0. The third-order valence-corrected chi connectivity index (χ3v) is 3.43. The summed E-state index contributed by atoms with van der Waals surface area (Å²) in [6, 6.07) is 6.51. The van der Waals surface area contributed by atoms with Crippen LogP contribution in [-0.2, 0) is 6.42 Å². The quantitative estimate of drug-likeness (QED) is 0.814. The molecule has 0 amide bonds. The second-order valence-electron chi connectivity index (χ2n) is 5.15. The Labute approximate surface area is 117 Å². The summed E-state index contributed by atoms with van der Waals surface area (Å²) < 4.78 is 0. The summed E-state index contributed by atoms with van der Waals surface area (Å²) in [4.78, 5) is 4.40. The Balaban J connectivity index is 2.81. The number of aryl methyl sites for hydroxylation is 1. The van der Waals surface area contributed by atoms with Gasteiger partial charge in [-0.2, -0.15) is 0 Å². The predicted molar refractivity (Wildman–Crippen MR) is 85.6 cm³/mol. The summed E-state index contributed by atoms with van der Waals surface area (Å²) in [5, 5.41) is 3.23. The average Bonchev–Trinajstić information content (AvgIpc) is 2.42. The van der Waals surface area contributed by atoms with Gasteiger partial charge >= 0.3 is 0 Å². The molecule has 1 aromatic rings. The fraction of sp³-hybridized carbons (Fsp3) is 0.500. The Hall–Kier alpha value is -1.48. The molecular formula is C16H27N3. The summed E-state index contributed by atoms with van der Waals surface area (Å²) in [6.45, 7) is 8.42. The first kappa shape index (κ1) is 15.6. The molecule has 1 N–H and O–H groups in total. The number of hydrogen-bond acceptors (Lipinski definition) is 3. The molecular weight excluding hydrogens is 234 g/mol. The van der Waals surface area contributed by atoms with Crippen LogP contribution in [-0.4, -0.2) is 51.1 Å². The Morgan fingerprint density at radius 3 is 2.42 bits per heavy atom. The maximum atomic E-state index is 4.22. The molecule has 0 aliphatic carbocycles. The highest BCUT2D eigenvalue weighted by molar-refractivity contribution is 5.66. The number of rotatable bonds is 7. The molecule has 3 heteroatoms. The number of likely N-dealkylation sites (N-methyl/N-ethyl adjacent to an activating group) is 2. The van der Waals surface area contributed by atoms with Crippen LogP contribution >= 0.6 is 0 Å². The third-order valence-electron chi connectivity index (χ3n) is 3.43. The largest absolute Gasteiger partial charge is 0.388 e. The van der Waals surface area contributed by atoms with Crippen LogP contribution in [0.4, 0.5) is 5.69 Å². The van der Waals surface area contributed by atoms with Crippen molar-refractivity contribution in [3.05, 3.63) is 35.9 Å². The molecule has 0 atom stereocenters. The van der Waals surface area contributed by atoms with Crippen LogP contribution in [0.1, 0.15) is 18.1 Å². The molecule has 0 saturated heterocycles. The van der Waals surface area contributed by atoms with Crippen LogP contribution in [0.15, 0.2) is 24.8 Å². The maximum absolute atomic E-state index is 4.22. The van der Waals surface area contributed by atoms with Gasteiger partial charge in [0.2, 0.25) is 0 Å². The lowest BCUT2D eigenvalue weighted by molar-refractivity contribution is 0.349. The van der Waals surface area contributed by atoms with E-state index in [9.17, 15) is 0 Å². The van der Waals surface area contributed by atoms with Gasteiger partial charge in [0, 0.05) is 38.6 Å². The molecule has 0 radical (unpaired) electrons. The van der Waals surface area contributed by atoms with Gasteiger partial charge in [0.1, 0.15) is 0 Å². The van der Waals surface area contributed by atoms with Gasteiger partial charge < -0.3 is 15.1 Å². The second-order valence-corrected chi connectivity index (χ2v) is 5.15. The maximum Gasteiger partial charge on any atom is 0.0370 e. The number of nitrogens with zero attached hydrogens (tertiary/aromatic N) is 2. The smallest absolute Gasteiger partial charge is 0.0370 e. The van der Waals surface area contributed by atoms with Gasteiger partial charge in [-0.25, -0.2) is 0 Å². The van der Waals surface area contributed by atoms with Crippen molar-refractivity contribution in [2.45, 2.75) is 13.3 Å². The van der Waals surface area contributed by atoms with Crippen LogP contribution in [0.5, 0.6) is 0 Å². The normalized spacial score (nSPS) is 10.6. The van der Waals surface area contributed by atoms with E-state index in [-0.39, 0.29) is 0 Å². The van der Waals surface area contributed by atoms with Crippen molar-refractivity contribution in [1.82, 2.24) is 9.80 Å². The van der Waals surface area contributed by atoms with Gasteiger partial charge in [0.15, 0.2) is 0 Å². The van der Waals surface area contributed by atoms with Crippen molar-refractivity contribution >= 4 is 11.4 Å². The first-order chi connectivity index (χ1) is 8.99. The Bertz CT molecular complexity index is 424. The Morgan fingerprint density at radius 2 is 1.89 bits per heavy atom.